The average Bonchev–Trinajstić information content (AvgIpc) is 0.488. The second-order valence-corrected chi connectivity index (χ2v) is 31.9. The van der Waals surface area contributed by atoms with Crippen molar-refractivity contribution in [2.24, 2.45) is 35.5 Å². The van der Waals surface area contributed by atoms with Gasteiger partial charge in [0.2, 0.25) is 41.4 Å². The van der Waals surface area contributed by atoms with Crippen LogP contribution in [0.2, 0.25) is 0 Å². The molecule has 6 aromatic carbocycles. The normalized spacial score (nSPS) is 28.5. The molecule has 18 atom stereocenters. The highest BCUT2D eigenvalue weighted by Crippen LogP contribution is 2.36. The molecule has 3 aliphatic carbocycles. The van der Waals surface area contributed by atoms with Crippen molar-refractivity contribution in [3.63, 3.8) is 0 Å². The SMILES string of the molecule is C[C@H]1NC(=O)C(C2CCC2)N(C)C(=O)[C@H](C)[C@H](O)[C@H](Cc2ccccc2)NC(=O)[C@H]1NC(=O)c1ccccc1O.C[C@H]1NC(=O)C(C2CCC2)NC(=O)[C@H](C)[C@H](O)[C@H](Cc2ccccc2)NC(=O)[C@H]1NC(=O)c1ccccc1O.C[C@H]1NC(=O)C(C2CCC2)OC(=O)[C@H](C)[C@H](O)[C@H](Cc2ccccc2)NC(=O)[C@H]1NC(=O)c1ccccc1O. The Kier molecular flexibility index (Phi) is 30.7. The smallest absolute Gasteiger partial charge is 0.312 e. The molecule has 3 unspecified atom stereocenters. The third kappa shape index (κ3) is 22.3. The predicted octanol–water partition coefficient (Wildman–Crippen LogP) is 3.82. The highest BCUT2D eigenvalue weighted by molar-refractivity contribution is 6.02. The van der Waals surface area contributed by atoms with Gasteiger partial charge in [-0.15, -0.1) is 0 Å². The summed E-state index contributed by atoms with van der Waals surface area (Å²) >= 11 is 0. The van der Waals surface area contributed by atoms with Crippen LogP contribution < -0.4 is 53.2 Å². The minimum Gasteiger partial charge on any atom is -0.507 e. The summed E-state index contributed by atoms with van der Waals surface area (Å²) in [5.41, 5.74) is 2.42. The van der Waals surface area contributed by atoms with Gasteiger partial charge in [-0.05, 0) is 150 Å². The van der Waals surface area contributed by atoms with Crippen molar-refractivity contribution < 1.29 is 92.9 Å². The van der Waals surface area contributed by atoms with E-state index < -0.39 is 174 Å². The minimum atomic E-state index is -1.34. The van der Waals surface area contributed by atoms with Crippen LogP contribution in [0.15, 0.2) is 164 Å². The minimum absolute atomic E-state index is 0.0212. The van der Waals surface area contributed by atoms with Crippen LogP contribution >= 0.6 is 0 Å². The molecule has 3 heterocycles. The van der Waals surface area contributed by atoms with Crippen molar-refractivity contribution in [1.29, 1.82) is 0 Å². The molecule has 3 saturated heterocycles. The van der Waals surface area contributed by atoms with E-state index in [1.54, 1.807) is 78.1 Å². The van der Waals surface area contributed by atoms with E-state index in [4.69, 9.17) is 4.74 Å². The number of aliphatic hydroxyl groups excluding tert-OH is 3. The fourth-order valence-corrected chi connectivity index (χ4v) is 15.5. The topological polar surface area (TPSA) is 459 Å². The summed E-state index contributed by atoms with van der Waals surface area (Å²) < 4.78 is 5.65. The number of aliphatic hydroxyl groups is 3. The quantitative estimate of drug-likeness (QED) is 0.0650. The largest absolute Gasteiger partial charge is 0.507 e. The number of amides is 11. The van der Waals surface area contributed by atoms with Crippen LogP contribution in [0.1, 0.15) is 147 Å². The molecule has 3 saturated carbocycles. The Morgan fingerprint density at radius 2 is 0.695 bits per heavy atom. The number of likely N-dealkylation sites (N-methyl/N-ethyl adjacent to an activating group) is 1. The molecule has 3 aliphatic heterocycles. The summed E-state index contributed by atoms with van der Waals surface area (Å²) in [6.07, 6.45) is 3.05. The van der Waals surface area contributed by atoms with E-state index in [9.17, 15) is 88.2 Å². The first-order chi connectivity index (χ1) is 56.4. The van der Waals surface area contributed by atoms with Crippen LogP contribution in [0.5, 0.6) is 17.2 Å². The lowest BCUT2D eigenvalue weighted by Gasteiger charge is -2.41. The van der Waals surface area contributed by atoms with E-state index in [-0.39, 0.29) is 76.9 Å². The van der Waals surface area contributed by atoms with Crippen molar-refractivity contribution in [2.45, 2.75) is 209 Å². The van der Waals surface area contributed by atoms with Crippen molar-refractivity contribution in [2.75, 3.05) is 7.05 Å². The molecule has 0 radical (unpaired) electrons. The maximum Gasteiger partial charge on any atom is 0.312 e. The molecule has 118 heavy (non-hydrogen) atoms. The number of carbonyl (C=O) groups excluding carboxylic acids is 12. The van der Waals surface area contributed by atoms with E-state index in [0.29, 0.717) is 12.8 Å². The zero-order chi connectivity index (χ0) is 85.2. The maximum atomic E-state index is 13.7. The van der Waals surface area contributed by atoms with Crippen LogP contribution in [-0.4, -0.2) is 204 Å². The first kappa shape index (κ1) is 88.6. The van der Waals surface area contributed by atoms with E-state index in [1.807, 2.05) is 91.0 Å². The van der Waals surface area contributed by atoms with Crippen LogP contribution in [-0.2, 0) is 67.2 Å². The summed E-state index contributed by atoms with van der Waals surface area (Å²) in [5.74, 6) is -11.0. The second kappa shape index (κ2) is 40.9. The monoisotopic (exact) mass is 1620 g/mol. The Hall–Kier alpha value is -11.8. The molecule has 0 aromatic heterocycles. The summed E-state index contributed by atoms with van der Waals surface area (Å²) in [6.45, 7) is 9.40. The van der Waals surface area contributed by atoms with Gasteiger partial charge < -0.3 is 93.4 Å². The molecule has 6 aromatic rings. The van der Waals surface area contributed by atoms with Crippen molar-refractivity contribution >= 4 is 70.9 Å². The zero-order valence-electron chi connectivity index (χ0n) is 67.1. The Morgan fingerprint density at radius 3 is 1.04 bits per heavy atom. The number of nitrogens with one attached hydrogen (secondary N) is 10. The molecule has 0 spiro atoms. The molecule has 30 nitrogen and oxygen atoms in total. The molecular formula is C88H109N11O19. The number of carbonyl (C=O) groups is 12. The standard InChI is InChI=1S/C30H38N4O6.C29H36N4O6.C29H35N3O7/c1-17-26(36)22(16-19-10-5-4-6-11-19)32-28(38)24(33-27(37)21-14-7-8-15-23(21)35)18(2)31-29(39)25(20-12-9-13-20)34(3)30(17)40;1-16-25(35)21(15-18-9-4-3-5-10-18)31-28(38)23(32-27(37)20-13-6-7-14-22(20)34)17(2)30-29(39)24(33-26(16)36)19-11-8-12-19;1-16-24(34)21(15-18-9-4-3-5-10-18)31-27(36)23(32-26(35)20-13-6-7-14-22(20)33)17(2)30-28(37)25(39-29(16)38)19-11-8-12-19/h4-8,10-11,14-15,17-18,20,22,24-26,35-36H,9,12-13,16H2,1-3H3,(H,31,39)(H,32,38)(H,33,37);3-7,9-10,13-14,16-17,19,21,23-25,34-35H,8,11-12,15H2,1-2H3,(H,30,39)(H,31,38)(H,32,37)(H,33,36);3-7,9-10,13-14,16-17,19,21,23-25,33-34H,8,11-12,15H2,1-2H3,(H,30,37)(H,31,36)(H,32,35)/t17-,18-,22+,24+,25?,26+;16-,17-,21+,23+,24?,25+;16-,17-,21+,23+,24+,25?/m111/s1. The van der Waals surface area contributed by atoms with Crippen LogP contribution in [0, 0.1) is 35.5 Å². The number of nitrogens with zero attached hydrogens (tertiary/aromatic N) is 1. The summed E-state index contributed by atoms with van der Waals surface area (Å²) in [5, 5.41) is 92.0. The van der Waals surface area contributed by atoms with Gasteiger partial charge in [0.15, 0.2) is 6.10 Å². The molecule has 630 valence electrons. The number of hydrogen-bond donors (Lipinski definition) is 16. The highest BCUT2D eigenvalue weighted by atomic mass is 16.6. The van der Waals surface area contributed by atoms with Crippen LogP contribution in [0.3, 0.4) is 0 Å². The average molecular weight is 1620 g/mol. The van der Waals surface area contributed by atoms with Gasteiger partial charge in [0.1, 0.15) is 47.5 Å². The summed E-state index contributed by atoms with van der Waals surface area (Å²) in [7, 11) is 1.58. The van der Waals surface area contributed by atoms with Gasteiger partial charge in [-0.25, -0.2) is 0 Å². The van der Waals surface area contributed by atoms with E-state index in [1.165, 1.54) is 48.2 Å². The second-order valence-electron chi connectivity index (χ2n) is 31.9. The van der Waals surface area contributed by atoms with Gasteiger partial charge in [-0.1, -0.05) is 161 Å². The number of aromatic hydroxyl groups is 3. The summed E-state index contributed by atoms with van der Waals surface area (Å²) in [4.78, 5) is 162. The van der Waals surface area contributed by atoms with Crippen LogP contribution in [0.4, 0.5) is 0 Å². The highest BCUT2D eigenvalue weighted by Gasteiger charge is 2.47. The molecule has 30 heteroatoms. The van der Waals surface area contributed by atoms with Crippen LogP contribution in [0.25, 0.3) is 0 Å². The predicted molar refractivity (Wildman–Crippen MR) is 433 cm³/mol. The van der Waals surface area contributed by atoms with Crippen molar-refractivity contribution in [3.8, 4) is 17.2 Å². The van der Waals surface area contributed by atoms with Gasteiger partial charge in [0.25, 0.3) is 23.6 Å². The first-order valence-corrected chi connectivity index (χ1v) is 40.4. The lowest BCUT2D eigenvalue weighted by molar-refractivity contribution is -0.169. The van der Waals surface area contributed by atoms with Gasteiger partial charge >= 0.3 is 5.97 Å². The Morgan fingerprint density at radius 1 is 0.373 bits per heavy atom. The number of hydrogen-bond acceptors (Lipinski definition) is 19. The molecule has 12 rings (SSSR count). The number of phenolic OH excluding ortho intramolecular Hbond substituents is 3. The molecule has 11 amide bonds. The molecule has 6 aliphatic rings. The lowest BCUT2D eigenvalue weighted by atomic mass is 9.78. The van der Waals surface area contributed by atoms with E-state index >= 15 is 0 Å². The molecule has 0 bridgehead atoms. The lowest BCUT2D eigenvalue weighted by Crippen LogP contribution is -2.65. The van der Waals surface area contributed by atoms with Gasteiger partial charge in [-0.2, -0.15) is 0 Å². The Balaban J connectivity index is 0.000000186. The summed E-state index contributed by atoms with van der Waals surface area (Å²) in [6, 6.07) is 34.8. The maximum absolute atomic E-state index is 13.7. The molecule has 16 N–H and O–H groups in total. The number of ether oxygens (including phenoxy) is 1. The van der Waals surface area contributed by atoms with E-state index in [0.717, 1.165) is 61.6 Å². The number of phenols is 3. The van der Waals surface area contributed by atoms with Gasteiger partial charge in [0, 0.05) is 13.0 Å². The fraction of sp³-hybridized carbons (Fsp3) is 0.455. The molecule has 6 fully saturated rings. The fourth-order valence-electron chi connectivity index (χ4n) is 15.5. The number of cyclic esters (lactones) is 1. The number of para-hydroxylation sites is 3. The zero-order valence-corrected chi connectivity index (χ0v) is 67.1. The molecular weight excluding hydrogens is 1520 g/mol. The third-order valence-electron chi connectivity index (χ3n) is 23.5. The number of benzene rings is 6. The first-order valence-electron chi connectivity index (χ1n) is 40.4. The van der Waals surface area contributed by atoms with Crippen molar-refractivity contribution in [3.05, 3.63) is 197 Å². The Bertz CT molecular complexity index is 4340. The third-order valence-corrected chi connectivity index (χ3v) is 23.5. The van der Waals surface area contributed by atoms with Gasteiger partial charge in [-0.3, -0.25) is 57.5 Å². The number of rotatable bonds is 15. The number of esters is 1. The van der Waals surface area contributed by atoms with E-state index in [2.05, 4.69) is 53.2 Å². The van der Waals surface area contributed by atoms with Gasteiger partial charge in [0.05, 0.1) is 89.0 Å². The Labute approximate surface area is 685 Å². The van der Waals surface area contributed by atoms with Crippen molar-refractivity contribution in [1.82, 2.24) is 58.1 Å².